The fourth-order valence-electron chi connectivity index (χ4n) is 4.50. The van der Waals surface area contributed by atoms with Crippen LogP contribution >= 0.6 is 11.6 Å². The Bertz CT molecular complexity index is 889. The number of aromatic nitrogens is 1. The van der Waals surface area contributed by atoms with Crippen molar-refractivity contribution in [2.75, 3.05) is 13.1 Å². The van der Waals surface area contributed by atoms with Gasteiger partial charge in [-0.05, 0) is 43.0 Å². The number of carbonyl (C=O) groups excluding carboxylic acids is 2. The Morgan fingerprint density at radius 2 is 1.84 bits per heavy atom. The van der Waals surface area contributed by atoms with Gasteiger partial charge in [-0.1, -0.05) is 62.4 Å². The summed E-state index contributed by atoms with van der Waals surface area (Å²) in [5.74, 6) is 0.0196. The van der Waals surface area contributed by atoms with E-state index in [4.69, 9.17) is 11.6 Å². The third-order valence-corrected chi connectivity index (χ3v) is 6.81. The predicted octanol–water partition coefficient (Wildman–Crippen LogP) is 5.50. The van der Waals surface area contributed by atoms with E-state index >= 15 is 0 Å². The van der Waals surface area contributed by atoms with Gasteiger partial charge in [0.2, 0.25) is 11.8 Å². The van der Waals surface area contributed by atoms with Gasteiger partial charge in [0, 0.05) is 43.0 Å². The molecule has 2 amide bonds. The van der Waals surface area contributed by atoms with E-state index in [-0.39, 0.29) is 24.4 Å². The minimum absolute atomic E-state index is 0.0301. The van der Waals surface area contributed by atoms with E-state index in [1.807, 2.05) is 41.4 Å². The van der Waals surface area contributed by atoms with E-state index in [1.165, 1.54) is 6.42 Å². The molecule has 1 aromatic carbocycles. The summed E-state index contributed by atoms with van der Waals surface area (Å²) < 4.78 is 2.17. The lowest BCUT2D eigenvalue weighted by Gasteiger charge is -2.36. The van der Waals surface area contributed by atoms with Crippen LogP contribution in [0.5, 0.6) is 0 Å². The third-order valence-electron chi connectivity index (χ3n) is 6.44. The minimum atomic E-state index is -0.0301. The second-order valence-electron chi connectivity index (χ2n) is 8.83. The molecule has 1 fully saturated rings. The van der Waals surface area contributed by atoms with Crippen molar-refractivity contribution in [2.24, 2.45) is 0 Å². The Labute approximate surface area is 197 Å². The van der Waals surface area contributed by atoms with E-state index in [9.17, 15) is 9.59 Å². The molecule has 1 aliphatic rings. The number of amides is 2. The number of halogens is 1. The van der Waals surface area contributed by atoms with Crippen molar-refractivity contribution >= 4 is 23.4 Å². The summed E-state index contributed by atoms with van der Waals surface area (Å²) in [6.45, 7) is 5.69. The molecule has 6 heteroatoms. The molecule has 0 saturated heterocycles. The second kappa shape index (κ2) is 12.1. The Kier molecular flexibility index (Phi) is 9.22. The van der Waals surface area contributed by atoms with Crippen LogP contribution in [0.25, 0.3) is 0 Å². The Balaban J connectivity index is 1.78. The summed E-state index contributed by atoms with van der Waals surface area (Å²) in [5.41, 5.74) is 2.15. The molecular weight excluding hydrogens is 422 g/mol. The number of benzene rings is 1. The minimum Gasteiger partial charge on any atom is -0.345 e. The zero-order chi connectivity index (χ0) is 22.9. The van der Waals surface area contributed by atoms with Crippen LogP contribution in [0, 0.1) is 0 Å². The van der Waals surface area contributed by atoms with Crippen LogP contribution < -0.4 is 0 Å². The molecule has 0 N–H and O–H groups in total. The molecule has 5 nitrogen and oxygen atoms in total. The molecule has 0 aliphatic heterocycles. The zero-order valence-corrected chi connectivity index (χ0v) is 20.2. The normalized spacial score (nSPS) is 14.3. The highest BCUT2D eigenvalue weighted by atomic mass is 35.5. The maximum atomic E-state index is 13.5. The summed E-state index contributed by atoms with van der Waals surface area (Å²) in [7, 11) is 0. The molecule has 0 atom stereocenters. The molecule has 1 aliphatic carbocycles. The van der Waals surface area contributed by atoms with Crippen molar-refractivity contribution < 1.29 is 9.59 Å². The highest BCUT2D eigenvalue weighted by Crippen LogP contribution is 2.25. The van der Waals surface area contributed by atoms with E-state index < -0.39 is 0 Å². The van der Waals surface area contributed by atoms with Gasteiger partial charge in [-0.2, -0.15) is 0 Å². The van der Waals surface area contributed by atoms with Crippen molar-refractivity contribution in [2.45, 2.75) is 77.9 Å². The van der Waals surface area contributed by atoms with Crippen LogP contribution in [0.15, 0.2) is 42.6 Å². The molecule has 2 aromatic rings. The van der Waals surface area contributed by atoms with Crippen molar-refractivity contribution in [1.82, 2.24) is 14.4 Å². The highest BCUT2D eigenvalue weighted by molar-refractivity contribution is 6.31. The quantitative estimate of drug-likeness (QED) is 0.472. The van der Waals surface area contributed by atoms with Crippen LogP contribution in [-0.2, 0) is 22.7 Å². The monoisotopic (exact) mass is 457 g/mol. The van der Waals surface area contributed by atoms with Crippen LogP contribution in [0.4, 0.5) is 0 Å². The van der Waals surface area contributed by atoms with Gasteiger partial charge in [0.15, 0.2) is 0 Å². The van der Waals surface area contributed by atoms with Crippen molar-refractivity contribution in [3.63, 3.8) is 0 Å². The van der Waals surface area contributed by atoms with Gasteiger partial charge in [-0.25, -0.2) is 0 Å². The zero-order valence-electron chi connectivity index (χ0n) is 19.4. The molecule has 0 radical (unpaired) electrons. The molecule has 174 valence electrons. The number of carbonyl (C=O) groups is 2. The first kappa shape index (κ1) is 24.4. The number of hydrogen-bond donors (Lipinski definition) is 0. The average molecular weight is 458 g/mol. The maximum absolute atomic E-state index is 13.5. The third kappa shape index (κ3) is 6.61. The van der Waals surface area contributed by atoms with Crippen LogP contribution in [0.2, 0.25) is 5.02 Å². The number of hydrogen-bond acceptors (Lipinski definition) is 2. The summed E-state index contributed by atoms with van der Waals surface area (Å²) in [5, 5.41) is 0.750. The fraction of sp³-hybridized carbons (Fsp3) is 0.538. The van der Waals surface area contributed by atoms with E-state index in [2.05, 4.69) is 17.6 Å². The largest absolute Gasteiger partial charge is 0.345 e. The molecule has 1 aromatic heterocycles. The molecule has 1 saturated carbocycles. The summed E-state index contributed by atoms with van der Waals surface area (Å²) in [6, 6.07) is 12.2. The highest BCUT2D eigenvalue weighted by Gasteiger charge is 2.28. The fourth-order valence-corrected chi connectivity index (χ4v) is 4.69. The average Bonchev–Trinajstić information content (AvgIpc) is 3.23. The van der Waals surface area contributed by atoms with Crippen molar-refractivity contribution in [1.29, 1.82) is 0 Å². The topological polar surface area (TPSA) is 45.6 Å². The molecule has 3 rings (SSSR count). The SMILES string of the molecule is CCCCN(CC(=O)N(Cc1cccn1Cc1ccccc1Cl)C1CCCCC1)C(C)=O. The van der Waals surface area contributed by atoms with Gasteiger partial charge in [0.25, 0.3) is 0 Å². The molecule has 0 spiro atoms. The molecular formula is C26H36ClN3O2. The molecule has 32 heavy (non-hydrogen) atoms. The maximum Gasteiger partial charge on any atom is 0.242 e. The lowest BCUT2D eigenvalue weighted by Crippen LogP contribution is -2.47. The molecule has 1 heterocycles. The summed E-state index contributed by atoms with van der Waals surface area (Å²) in [6.07, 6.45) is 9.57. The van der Waals surface area contributed by atoms with Crippen molar-refractivity contribution in [3.8, 4) is 0 Å². The van der Waals surface area contributed by atoms with Gasteiger partial charge in [0.1, 0.15) is 0 Å². The summed E-state index contributed by atoms with van der Waals surface area (Å²) in [4.78, 5) is 29.3. The first-order chi connectivity index (χ1) is 15.5. The van der Waals surface area contributed by atoms with Gasteiger partial charge in [-0.3, -0.25) is 9.59 Å². The van der Waals surface area contributed by atoms with E-state index in [0.29, 0.717) is 19.6 Å². The Morgan fingerprint density at radius 3 is 2.53 bits per heavy atom. The Morgan fingerprint density at radius 1 is 1.09 bits per heavy atom. The number of unbranched alkanes of at least 4 members (excludes halogenated alkanes) is 1. The first-order valence-corrected chi connectivity index (χ1v) is 12.3. The van der Waals surface area contributed by atoms with Crippen LogP contribution in [0.1, 0.15) is 70.1 Å². The summed E-state index contributed by atoms with van der Waals surface area (Å²) >= 11 is 6.38. The smallest absolute Gasteiger partial charge is 0.242 e. The van der Waals surface area contributed by atoms with Crippen LogP contribution in [0.3, 0.4) is 0 Å². The predicted molar refractivity (Wildman–Crippen MR) is 130 cm³/mol. The lowest BCUT2D eigenvalue weighted by molar-refractivity contribution is -0.142. The van der Waals surface area contributed by atoms with Gasteiger partial charge in [0.05, 0.1) is 13.1 Å². The number of nitrogens with zero attached hydrogens (tertiary/aromatic N) is 3. The van der Waals surface area contributed by atoms with E-state index in [1.54, 1.807) is 11.8 Å². The van der Waals surface area contributed by atoms with Gasteiger partial charge >= 0.3 is 0 Å². The standard InChI is InChI=1S/C26H36ClN3O2/c1-3-4-16-28(21(2)31)20-26(32)30(23-12-6-5-7-13-23)19-24-14-10-17-29(24)18-22-11-8-9-15-25(22)27/h8-11,14-15,17,23H,3-7,12-13,16,18-20H2,1-2H3. The van der Waals surface area contributed by atoms with E-state index in [0.717, 1.165) is 54.8 Å². The van der Waals surface area contributed by atoms with Crippen LogP contribution in [-0.4, -0.2) is 45.3 Å². The molecule has 0 bridgehead atoms. The molecule has 0 unspecified atom stereocenters. The number of rotatable bonds is 10. The van der Waals surface area contributed by atoms with Gasteiger partial charge < -0.3 is 14.4 Å². The Hall–Kier alpha value is -2.27. The van der Waals surface area contributed by atoms with Gasteiger partial charge in [-0.15, -0.1) is 0 Å². The lowest BCUT2D eigenvalue weighted by atomic mass is 9.94. The first-order valence-electron chi connectivity index (χ1n) is 11.9. The van der Waals surface area contributed by atoms with Crippen molar-refractivity contribution in [3.05, 3.63) is 58.9 Å². The second-order valence-corrected chi connectivity index (χ2v) is 9.23.